The Morgan fingerprint density at radius 3 is 3.05 bits per heavy atom. The van der Waals surface area contributed by atoms with Gasteiger partial charge in [0.05, 0.1) is 5.69 Å². The summed E-state index contributed by atoms with van der Waals surface area (Å²) >= 11 is 5.99. The Kier molecular flexibility index (Phi) is 3.16. The zero-order valence-electron chi connectivity index (χ0n) is 10.8. The quantitative estimate of drug-likeness (QED) is 0.704. The van der Waals surface area contributed by atoms with Gasteiger partial charge < -0.3 is 10.3 Å². The Balaban J connectivity index is 1.97. The van der Waals surface area contributed by atoms with E-state index in [0.29, 0.717) is 11.3 Å². The van der Waals surface area contributed by atoms with E-state index in [1.165, 1.54) is 0 Å². The molecule has 0 saturated heterocycles. The Labute approximate surface area is 120 Å². The van der Waals surface area contributed by atoms with Crippen molar-refractivity contribution in [1.29, 1.82) is 0 Å². The van der Waals surface area contributed by atoms with E-state index in [9.17, 15) is 4.79 Å². The zero-order valence-corrected chi connectivity index (χ0v) is 11.5. The van der Waals surface area contributed by atoms with Crippen molar-refractivity contribution in [2.45, 2.75) is 6.92 Å². The van der Waals surface area contributed by atoms with Crippen LogP contribution in [0.3, 0.4) is 0 Å². The molecule has 0 aliphatic carbocycles. The molecule has 3 rings (SSSR count). The smallest absolute Gasteiger partial charge is 0.256 e. The number of aryl methyl sites for hydroxylation is 1. The van der Waals surface area contributed by atoms with Gasteiger partial charge in [-0.05, 0) is 36.8 Å². The number of aromatic nitrogens is 2. The fourth-order valence-corrected chi connectivity index (χ4v) is 2.26. The molecular weight excluding hydrogens is 274 g/mol. The van der Waals surface area contributed by atoms with Crippen molar-refractivity contribution in [2.24, 2.45) is 0 Å². The van der Waals surface area contributed by atoms with Crippen molar-refractivity contribution in [1.82, 2.24) is 9.97 Å². The van der Waals surface area contributed by atoms with Gasteiger partial charge in [-0.15, -0.1) is 0 Å². The first-order chi connectivity index (χ1) is 9.65. The molecule has 3 aromatic rings. The number of carbonyl (C=O) groups excluding carboxylic acids is 1. The molecule has 0 fully saturated rings. The summed E-state index contributed by atoms with van der Waals surface area (Å²) < 4.78 is 0. The Bertz CT molecular complexity index is 795. The van der Waals surface area contributed by atoms with Crippen LogP contribution in [-0.2, 0) is 0 Å². The second kappa shape index (κ2) is 4.98. The molecule has 0 aliphatic rings. The number of pyridine rings is 1. The van der Waals surface area contributed by atoms with Gasteiger partial charge in [-0.25, -0.2) is 4.98 Å². The molecule has 2 heterocycles. The molecule has 0 atom stereocenters. The van der Waals surface area contributed by atoms with Gasteiger partial charge in [-0.1, -0.05) is 17.7 Å². The minimum absolute atomic E-state index is 0.204. The van der Waals surface area contributed by atoms with E-state index in [4.69, 9.17) is 11.6 Å². The number of hydrogen-bond donors (Lipinski definition) is 2. The highest BCUT2D eigenvalue weighted by Crippen LogP contribution is 2.23. The van der Waals surface area contributed by atoms with E-state index in [-0.39, 0.29) is 11.1 Å². The van der Waals surface area contributed by atoms with Crippen LogP contribution < -0.4 is 5.32 Å². The summed E-state index contributed by atoms with van der Waals surface area (Å²) in [5.74, 6) is -0.204. The van der Waals surface area contributed by atoms with E-state index >= 15 is 0 Å². The molecule has 2 aromatic heterocycles. The van der Waals surface area contributed by atoms with Gasteiger partial charge in [-0.2, -0.15) is 0 Å². The summed E-state index contributed by atoms with van der Waals surface area (Å²) in [6, 6.07) is 9.21. The fourth-order valence-electron chi connectivity index (χ4n) is 2.11. The number of fused-ring (bicyclic) bond motifs is 1. The summed E-state index contributed by atoms with van der Waals surface area (Å²) in [5.41, 5.74) is 2.97. The van der Waals surface area contributed by atoms with E-state index in [0.717, 1.165) is 16.5 Å². The lowest BCUT2D eigenvalue weighted by Crippen LogP contribution is -2.13. The van der Waals surface area contributed by atoms with Crippen LogP contribution >= 0.6 is 11.6 Å². The van der Waals surface area contributed by atoms with Crippen LogP contribution in [0.5, 0.6) is 0 Å². The average molecular weight is 286 g/mol. The van der Waals surface area contributed by atoms with Crippen molar-refractivity contribution < 1.29 is 4.79 Å². The van der Waals surface area contributed by atoms with E-state index in [1.54, 1.807) is 18.3 Å². The van der Waals surface area contributed by atoms with Gasteiger partial charge in [0, 0.05) is 28.9 Å². The molecule has 2 N–H and O–H groups in total. The van der Waals surface area contributed by atoms with Gasteiger partial charge in [0.15, 0.2) is 5.15 Å². The molecule has 20 heavy (non-hydrogen) atoms. The number of aromatic amines is 1. The number of nitrogens with one attached hydrogen (secondary N) is 2. The second-order valence-electron chi connectivity index (χ2n) is 4.55. The van der Waals surface area contributed by atoms with Crippen LogP contribution in [0.4, 0.5) is 5.69 Å². The molecule has 0 aliphatic heterocycles. The zero-order chi connectivity index (χ0) is 14.1. The van der Waals surface area contributed by atoms with Gasteiger partial charge in [0.1, 0.15) is 0 Å². The number of rotatable bonds is 2. The first kappa shape index (κ1) is 12.7. The molecule has 4 nitrogen and oxygen atoms in total. The molecule has 0 saturated carbocycles. The molecular formula is C15H12ClN3O. The number of halogens is 1. The normalized spacial score (nSPS) is 10.7. The second-order valence-corrected chi connectivity index (χ2v) is 4.91. The van der Waals surface area contributed by atoms with Gasteiger partial charge in [0.2, 0.25) is 0 Å². The maximum atomic E-state index is 12.4. The highest BCUT2D eigenvalue weighted by Gasteiger charge is 2.12. The predicted molar refractivity (Wildman–Crippen MR) is 80.2 cm³/mol. The van der Waals surface area contributed by atoms with Crippen LogP contribution in [0.25, 0.3) is 10.9 Å². The third-order valence-corrected chi connectivity index (χ3v) is 3.36. The number of hydrogen-bond acceptors (Lipinski definition) is 2. The van der Waals surface area contributed by atoms with E-state index < -0.39 is 0 Å². The monoisotopic (exact) mass is 285 g/mol. The lowest BCUT2D eigenvalue weighted by molar-refractivity contribution is 0.102. The Morgan fingerprint density at radius 2 is 2.20 bits per heavy atom. The molecule has 100 valence electrons. The van der Waals surface area contributed by atoms with Crippen LogP contribution in [0, 0.1) is 6.92 Å². The van der Waals surface area contributed by atoms with E-state index in [1.807, 2.05) is 31.3 Å². The number of anilines is 1. The van der Waals surface area contributed by atoms with E-state index in [2.05, 4.69) is 15.3 Å². The highest BCUT2D eigenvalue weighted by atomic mass is 35.5. The molecule has 1 aromatic carbocycles. The van der Waals surface area contributed by atoms with Crippen molar-refractivity contribution in [3.8, 4) is 0 Å². The molecule has 0 radical (unpaired) electrons. The summed E-state index contributed by atoms with van der Waals surface area (Å²) in [4.78, 5) is 19.5. The third kappa shape index (κ3) is 2.26. The predicted octanol–water partition coefficient (Wildman–Crippen LogP) is 3.78. The molecule has 0 unspecified atom stereocenters. The van der Waals surface area contributed by atoms with Crippen LogP contribution in [0.1, 0.15) is 15.9 Å². The first-order valence-corrected chi connectivity index (χ1v) is 6.52. The number of amides is 1. The summed E-state index contributed by atoms with van der Waals surface area (Å²) in [6.45, 7) is 1.89. The van der Waals surface area contributed by atoms with Crippen molar-refractivity contribution in [3.05, 3.63) is 59.0 Å². The Morgan fingerprint density at radius 1 is 1.35 bits per heavy atom. The third-order valence-electron chi connectivity index (χ3n) is 3.06. The van der Waals surface area contributed by atoms with Gasteiger partial charge in [0.25, 0.3) is 5.91 Å². The summed E-state index contributed by atoms with van der Waals surface area (Å²) in [5, 5.41) is 3.96. The van der Waals surface area contributed by atoms with Gasteiger partial charge >= 0.3 is 0 Å². The molecule has 1 amide bonds. The fraction of sp³-hybridized carbons (Fsp3) is 0.0667. The van der Waals surface area contributed by atoms with Gasteiger partial charge in [-0.3, -0.25) is 4.79 Å². The SMILES string of the molecule is Cc1cnc(Cl)c(NC(=O)c2cccc3[nH]ccc23)c1. The number of benzene rings is 1. The lowest BCUT2D eigenvalue weighted by atomic mass is 10.1. The maximum absolute atomic E-state index is 12.4. The maximum Gasteiger partial charge on any atom is 0.256 e. The first-order valence-electron chi connectivity index (χ1n) is 6.15. The number of nitrogens with zero attached hydrogens (tertiary/aromatic N) is 1. The largest absolute Gasteiger partial charge is 0.361 e. The summed E-state index contributed by atoms with van der Waals surface area (Å²) in [6.07, 6.45) is 3.47. The standard InChI is InChI=1S/C15H12ClN3O/c1-9-7-13(14(16)18-8-9)19-15(20)11-3-2-4-12-10(11)5-6-17-12/h2-8,17H,1H3,(H,19,20). The van der Waals surface area contributed by atoms with Crippen LogP contribution in [-0.4, -0.2) is 15.9 Å². The van der Waals surface area contributed by atoms with Crippen molar-refractivity contribution in [2.75, 3.05) is 5.32 Å². The lowest BCUT2D eigenvalue weighted by Gasteiger charge is -2.08. The summed E-state index contributed by atoms with van der Waals surface area (Å²) in [7, 11) is 0. The topological polar surface area (TPSA) is 57.8 Å². The Hall–Kier alpha value is -2.33. The minimum Gasteiger partial charge on any atom is -0.361 e. The molecule has 5 heteroatoms. The molecule has 0 bridgehead atoms. The minimum atomic E-state index is -0.204. The van der Waals surface area contributed by atoms with Crippen molar-refractivity contribution in [3.63, 3.8) is 0 Å². The van der Waals surface area contributed by atoms with Crippen LogP contribution in [0.2, 0.25) is 5.15 Å². The molecule has 0 spiro atoms. The highest BCUT2D eigenvalue weighted by molar-refractivity contribution is 6.32. The average Bonchev–Trinajstić information content (AvgIpc) is 2.91. The number of carbonyl (C=O) groups is 1. The van der Waals surface area contributed by atoms with Crippen molar-refractivity contribution >= 4 is 34.1 Å². The van der Waals surface area contributed by atoms with Crippen LogP contribution in [0.15, 0.2) is 42.7 Å². The number of H-pyrrole nitrogens is 1.